The lowest BCUT2D eigenvalue weighted by molar-refractivity contribution is 0.0926. The maximum absolute atomic E-state index is 12.4. The quantitative estimate of drug-likeness (QED) is 0.806. The van der Waals surface area contributed by atoms with Gasteiger partial charge < -0.3 is 10.1 Å². The van der Waals surface area contributed by atoms with Crippen LogP contribution in [0.3, 0.4) is 0 Å². The maximum Gasteiger partial charge on any atom is 0.251 e. The number of amides is 1. The fraction of sp³-hybridized carbons (Fsp3) is 0.381. The van der Waals surface area contributed by atoms with Crippen LogP contribution in [0, 0.1) is 6.92 Å². The van der Waals surface area contributed by atoms with E-state index in [2.05, 4.69) is 5.32 Å². The van der Waals surface area contributed by atoms with Gasteiger partial charge in [-0.05, 0) is 63.1 Å². The van der Waals surface area contributed by atoms with E-state index in [4.69, 9.17) is 4.74 Å². The van der Waals surface area contributed by atoms with E-state index in [1.54, 1.807) is 24.3 Å². The van der Waals surface area contributed by atoms with Crippen molar-refractivity contribution in [2.45, 2.75) is 32.7 Å². The van der Waals surface area contributed by atoms with Crippen molar-refractivity contribution in [3.8, 4) is 5.75 Å². The first kappa shape index (κ1) is 20.2. The van der Waals surface area contributed by atoms with Gasteiger partial charge in [-0.25, -0.2) is 8.42 Å². The number of nitrogens with one attached hydrogen (secondary N) is 1. The summed E-state index contributed by atoms with van der Waals surface area (Å²) in [5, 5.41) is 2.90. The molecule has 0 saturated carbocycles. The van der Waals surface area contributed by atoms with Gasteiger partial charge >= 0.3 is 0 Å². The molecule has 1 fully saturated rings. The van der Waals surface area contributed by atoms with Crippen LogP contribution in [0.25, 0.3) is 0 Å². The zero-order valence-corrected chi connectivity index (χ0v) is 17.0. The molecule has 1 atom stereocenters. The van der Waals surface area contributed by atoms with E-state index in [-0.39, 0.29) is 17.7 Å². The lowest BCUT2D eigenvalue weighted by atomic mass is 10.1. The minimum absolute atomic E-state index is 0.170. The summed E-state index contributed by atoms with van der Waals surface area (Å²) in [4.78, 5) is 12.4. The monoisotopic (exact) mass is 402 g/mol. The summed E-state index contributed by atoms with van der Waals surface area (Å²) in [6, 6.07) is 14.3. The van der Waals surface area contributed by atoms with Crippen LogP contribution in [0.5, 0.6) is 5.75 Å². The zero-order valence-electron chi connectivity index (χ0n) is 16.2. The van der Waals surface area contributed by atoms with Crippen molar-refractivity contribution in [1.29, 1.82) is 0 Å². The molecule has 1 unspecified atom stereocenters. The normalized spacial score (nSPS) is 17.0. The van der Waals surface area contributed by atoms with Crippen LogP contribution in [0.4, 0.5) is 5.69 Å². The molecule has 0 spiro atoms. The Labute approximate surface area is 166 Å². The largest absolute Gasteiger partial charge is 0.491 e. The minimum atomic E-state index is -3.25. The van der Waals surface area contributed by atoms with Crippen molar-refractivity contribution in [1.82, 2.24) is 5.32 Å². The predicted molar refractivity (Wildman–Crippen MR) is 110 cm³/mol. The number of rotatable bonds is 6. The fourth-order valence-corrected chi connectivity index (χ4v) is 4.70. The Morgan fingerprint density at radius 3 is 2.43 bits per heavy atom. The standard InChI is InChI=1S/C21H26N2O4S/c1-16-5-11-20(12-6-16)27-15-17(2)22-21(24)18-7-9-19(10-8-18)23-13-3-4-14-28(23,25)26/h5-12,17H,3-4,13-15H2,1-2H3,(H,22,24). The van der Waals surface area contributed by atoms with Gasteiger partial charge in [-0.1, -0.05) is 17.7 Å². The average Bonchev–Trinajstić information content (AvgIpc) is 2.67. The van der Waals surface area contributed by atoms with Crippen LogP contribution < -0.4 is 14.4 Å². The Bertz CT molecular complexity index is 908. The lowest BCUT2D eigenvalue weighted by Crippen LogP contribution is -2.38. The first-order chi connectivity index (χ1) is 13.3. The van der Waals surface area contributed by atoms with Crippen molar-refractivity contribution in [2.24, 2.45) is 0 Å². The first-order valence-electron chi connectivity index (χ1n) is 9.46. The molecule has 0 aromatic heterocycles. The molecule has 3 rings (SSSR count). The van der Waals surface area contributed by atoms with Crippen LogP contribution in [0.1, 0.15) is 35.7 Å². The van der Waals surface area contributed by atoms with Gasteiger partial charge in [0.25, 0.3) is 5.91 Å². The second kappa shape index (κ2) is 8.65. The van der Waals surface area contributed by atoms with Gasteiger partial charge in [0.15, 0.2) is 0 Å². The summed E-state index contributed by atoms with van der Waals surface area (Å²) in [7, 11) is -3.25. The predicted octanol–water partition coefficient (Wildman–Crippen LogP) is 3.12. The molecule has 6 nitrogen and oxygen atoms in total. The molecule has 0 radical (unpaired) electrons. The highest BCUT2D eigenvalue weighted by molar-refractivity contribution is 7.92. The molecule has 1 amide bonds. The number of carbonyl (C=O) groups excluding carboxylic acids is 1. The second-order valence-corrected chi connectivity index (χ2v) is 9.15. The zero-order chi connectivity index (χ0) is 20.1. The highest BCUT2D eigenvalue weighted by atomic mass is 32.2. The summed E-state index contributed by atoms with van der Waals surface area (Å²) in [5.41, 5.74) is 2.25. The third-order valence-electron chi connectivity index (χ3n) is 4.67. The Morgan fingerprint density at radius 2 is 1.79 bits per heavy atom. The maximum atomic E-state index is 12.4. The molecule has 1 heterocycles. The molecular weight excluding hydrogens is 376 g/mol. The van der Waals surface area contributed by atoms with Gasteiger partial charge in [0.1, 0.15) is 12.4 Å². The smallest absolute Gasteiger partial charge is 0.251 e. The van der Waals surface area contributed by atoms with E-state index in [9.17, 15) is 13.2 Å². The number of hydrogen-bond acceptors (Lipinski definition) is 4. The van der Waals surface area contributed by atoms with Crippen molar-refractivity contribution in [2.75, 3.05) is 23.2 Å². The topological polar surface area (TPSA) is 75.7 Å². The van der Waals surface area contributed by atoms with Gasteiger partial charge in [-0.3, -0.25) is 9.10 Å². The molecule has 7 heteroatoms. The van der Waals surface area contributed by atoms with E-state index in [0.717, 1.165) is 17.7 Å². The number of carbonyl (C=O) groups is 1. The third kappa shape index (κ3) is 5.04. The van der Waals surface area contributed by atoms with Gasteiger partial charge in [0.2, 0.25) is 10.0 Å². The Balaban J connectivity index is 1.56. The number of anilines is 1. The van der Waals surface area contributed by atoms with E-state index >= 15 is 0 Å². The lowest BCUT2D eigenvalue weighted by Gasteiger charge is -2.28. The average molecular weight is 403 g/mol. The molecule has 0 bridgehead atoms. The van der Waals surface area contributed by atoms with Crippen molar-refractivity contribution in [3.63, 3.8) is 0 Å². The van der Waals surface area contributed by atoms with Crippen molar-refractivity contribution < 1.29 is 17.9 Å². The fourth-order valence-electron chi connectivity index (χ4n) is 3.06. The van der Waals surface area contributed by atoms with Gasteiger partial charge in [-0.15, -0.1) is 0 Å². The second-order valence-electron chi connectivity index (χ2n) is 7.14. The molecule has 1 aliphatic heterocycles. The highest BCUT2D eigenvalue weighted by Crippen LogP contribution is 2.23. The summed E-state index contributed by atoms with van der Waals surface area (Å²) >= 11 is 0. The van der Waals surface area contributed by atoms with Gasteiger partial charge in [0, 0.05) is 12.1 Å². The summed E-state index contributed by atoms with van der Waals surface area (Å²) < 4.78 is 31.5. The molecule has 28 heavy (non-hydrogen) atoms. The van der Waals surface area contributed by atoms with Crippen LogP contribution >= 0.6 is 0 Å². The molecule has 1 aliphatic rings. The molecule has 0 aliphatic carbocycles. The van der Waals surface area contributed by atoms with Crippen LogP contribution in [-0.2, 0) is 10.0 Å². The number of nitrogens with zero attached hydrogens (tertiary/aromatic N) is 1. The summed E-state index contributed by atoms with van der Waals surface area (Å²) in [6.45, 7) is 4.74. The van der Waals surface area contributed by atoms with Crippen LogP contribution in [0.2, 0.25) is 0 Å². The summed E-state index contributed by atoms with van der Waals surface area (Å²) in [6.07, 6.45) is 1.54. The number of benzene rings is 2. The molecule has 2 aromatic rings. The number of sulfonamides is 1. The van der Waals surface area contributed by atoms with Gasteiger partial charge in [0.05, 0.1) is 17.5 Å². The Kier molecular flexibility index (Phi) is 6.24. The Morgan fingerprint density at radius 1 is 1.11 bits per heavy atom. The van der Waals surface area contributed by atoms with Crippen LogP contribution in [-0.4, -0.2) is 39.3 Å². The van der Waals surface area contributed by atoms with Crippen molar-refractivity contribution in [3.05, 3.63) is 59.7 Å². The van der Waals surface area contributed by atoms with Crippen molar-refractivity contribution >= 4 is 21.6 Å². The minimum Gasteiger partial charge on any atom is -0.491 e. The summed E-state index contributed by atoms with van der Waals surface area (Å²) in [5.74, 6) is 0.722. The van der Waals surface area contributed by atoms with E-state index in [1.807, 2.05) is 38.1 Å². The SMILES string of the molecule is Cc1ccc(OCC(C)NC(=O)c2ccc(N3CCCCS3(=O)=O)cc2)cc1. The van der Waals surface area contributed by atoms with E-state index in [1.165, 1.54) is 4.31 Å². The van der Waals surface area contributed by atoms with E-state index in [0.29, 0.717) is 30.8 Å². The third-order valence-corrected chi connectivity index (χ3v) is 6.53. The molecule has 2 aromatic carbocycles. The molecule has 1 saturated heterocycles. The Hall–Kier alpha value is -2.54. The van der Waals surface area contributed by atoms with Crippen LogP contribution in [0.15, 0.2) is 48.5 Å². The number of hydrogen-bond donors (Lipinski definition) is 1. The van der Waals surface area contributed by atoms with E-state index < -0.39 is 10.0 Å². The van der Waals surface area contributed by atoms with Gasteiger partial charge in [-0.2, -0.15) is 0 Å². The molecule has 1 N–H and O–H groups in total. The number of aryl methyl sites for hydroxylation is 1. The number of ether oxygens (including phenoxy) is 1. The molecule has 150 valence electrons. The highest BCUT2D eigenvalue weighted by Gasteiger charge is 2.26. The molecular formula is C21H26N2O4S. The first-order valence-corrected chi connectivity index (χ1v) is 11.1.